The molecule has 0 unspecified atom stereocenters. The minimum atomic E-state index is -3.77. The molecule has 0 saturated carbocycles. The zero-order valence-corrected chi connectivity index (χ0v) is 15.7. The monoisotopic (exact) mass is 375 g/mol. The summed E-state index contributed by atoms with van der Waals surface area (Å²) in [5, 5.41) is 4.84. The van der Waals surface area contributed by atoms with E-state index in [0.717, 1.165) is 5.69 Å². The summed E-state index contributed by atoms with van der Waals surface area (Å²) < 4.78 is 30.0. The SMILES string of the molecule is Cc1ccc(Cl)cc1S(=O)(=O)Nc1c(C)nn(-c2ccccc2)c1C. The van der Waals surface area contributed by atoms with Crippen molar-refractivity contribution >= 4 is 27.3 Å². The fourth-order valence-corrected chi connectivity index (χ4v) is 4.35. The Hall–Kier alpha value is -2.31. The second-order valence-corrected chi connectivity index (χ2v) is 7.90. The number of aromatic nitrogens is 2. The van der Waals surface area contributed by atoms with Crippen molar-refractivity contribution in [1.82, 2.24) is 9.78 Å². The minimum absolute atomic E-state index is 0.159. The van der Waals surface area contributed by atoms with Crippen LogP contribution in [0.5, 0.6) is 0 Å². The smallest absolute Gasteiger partial charge is 0.262 e. The predicted molar refractivity (Wildman–Crippen MR) is 100 cm³/mol. The van der Waals surface area contributed by atoms with Crippen LogP contribution in [0, 0.1) is 20.8 Å². The van der Waals surface area contributed by atoms with Crippen LogP contribution in [0.15, 0.2) is 53.4 Å². The molecule has 0 aliphatic rings. The molecule has 0 fully saturated rings. The molecule has 3 rings (SSSR count). The number of nitrogens with one attached hydrogen (secondary N) is 1. The van der Waals surface area contributed by atoms with Crippen LogP contribution in [0.4, 0.5) is 5.69 Å². The average Bonchev–Trinajstić information content (AvgIpc) is 2.85. The zero-order chi connectivity index (χ0) is 18.2. The number of anilines is 1. The molecule has 1 aromatic heterocycles. The highest BCUT2D eigenvalue weighted by atomic mass is 35.5. The normalized spacial score (nSPS) is 11.5. The number of nitrogens with zero attached hydrogens (tertiary/aromatic N) is 2. The molecule has 2 aromatic carbocycles. The molecule has 130 valence electrons. The van der Waals surface area contributed by atoms with Gasteiger partial charge in [-0.15, -0.1) is 0 Å². The highest BCUT2D eigenvalue weighted by Crippen LogP contribution is 2.27. The molecule has 0 aliphatic carbocycles. The van der Waals surface area contributed by atoms with Crippen LogP contribution in [0.2, 0.25) is 5.02 Å². The molecule has 5 nitrogen and oxygen atoms in total. The standard InChI is InChI=1S/C18H18ClN3O2S/c1-12-9-10-15(19)11-17(12)25(23,24)21-18-13(2)20-22(14(18)3)16-7-5-4-6-8-16/h4-11,21H,1-3H3. The van der Waals surface area contributed by atoms with E-state index < -0.39 is 10.0 Å². The second-order valence-electron chi connectivity index (χ2n) is 5.81. The van der Waals surface area contributed by atoms with Gasteiger partial charge in [0.1, 0.15) is 0 Å². The summed E-state index contributed by atoms with van der Waals surface area (Å²) in [5.74, 6) is 0. The van der Waals surface area contributed by atoms with E-state index in [2.05, 4.69) is 9.82 Å². The van der Waals surface area contributed by atoms with E-state index in [0.29, 0.717) is 27.7 Å². The summed E-state index contributed by atoms with van der Waals surface area (Å²) in [6.45, 7) is 5.34. The highest BCUT2D eigenvalue weighted by molar-refractivity contribution is 7.92. The lowest BCUT2D eigenvalue weighted by Gasteiger charge is -2.11. The first-order valence-corrected chi connectivity index (χ1v) is 9.56. The van der Waals surface area contributed by atoms with E-state index in [1.807, 2.05) is 37.3 Å². The first kappa shape index (κ1) is 17.5. The Morgan fingerprint density at radius 2 is 1.72 bits per heavy atom. The first-order chi connectivity index (χ1) is 11.8. The van der Waals surface area contributed by atoms with Crippen molar-refractivity contribution in [1.29, 1.82) is 0 Å². The van der Waals surface area contributed by atoms with Crippen LogP contribution in [-0.4, -0.2) is 18.2 Å². The third-order valence-electron chi connectivity index (χ3n) is 3.97. The highest BCUT2D eigenvalue weighted by Gasteiger charge is 2.22. The fraction of sp³-hybridized carbons (Fsp3) is 0.167. The maximum Gasteiger partial charge on any atom is 0.262 e. The van der Waals surface area contributed by atoms with Crippen LogP contribution in [0.1, 0.15) is 17.0 Å². The summed E-state index contributed by atoms with van der Waals surface area (Å²) in [4.78, 5) is 0.159. The molecule has 1 N–H and O–H groups in total. The summed E-state index contributed by atoms with van der Waals surface area (Å²) in [7, 11) is -3.77. The number of sulfonamides is 1. The van der Waals surface area contributed by atoms with Crippen molar-refractivity contribution in [3.63, 3.8) is 0 Å². The summed E-state index contributed by atoms with van der Waals surface area (Å²) >= 11 is 5.96. The second kappa shape index (κ2) is 6.54. The van der Waals surface area contributed by atoms with Gasteiger partial charge in [-0.1, -0.05) is 35.9 Å². The number of hydrogen-bond acceptors (Lipinski definition) is 3. The first-order valence-electron chi connectivity index (χ1n) is 7.70. The number of hydrogen-bond donors (Lipinski definition) is 1. The zero-order valence-electron chi connectivity index (χ0n) is 14.1. The molecule has 0 spiro atoms. The number of para-hydroxylation sites is 1. The Kier molecular flexibility index (Phi) is 4.58. The molecular weight excluding hydrogens is 358 g/mol. The maximum absolute atomic E-state index is 12.8. The molecule has 7 heteroatoms. The van der Waals surface area contributed by atoms with Crippen LogP contribution in [0.25, 0.3) is 5.69 Å². The molecule has 0 radical (unpaired) electrons. The molecule has 25 heavy (non-hydrogen) atoms. The third-order valence-corrected chi connectivity index (χ3v) is 5.70. The van der Waals surface area contributed by atoms with Gasteiger partial charge in [0.15, 0.2) is 0 Å². The van der Waals surface area contributed by atoms with Crippen molar-refractivity contribution in [3.8, 4) is 5.69 Å². The average molecular weight is 376 g/mol. The number of aryl methyl sites for hydroxylation is 2. The molecule has 3 aromatic rings. The van der Waals surface area contributed by atoms with Gasteiger partial charge in [-0.3, -0.25) is 4.72 Å². The van der Waals surface area contributed by atoms with Crippen LogP contribution >= 0.6 is 11.6 Å². The van der Waals surface area contributed by atoms with E-state index >= 15 is 0 Å². The van der Waals surface area contributed by atoms with Gasteiger partial charge in [-0.2, -0.15) is 5.10 Å². The summed E-state index contributed by atoms with van der Waals surface area (Å²) in [6, 6.07) is 14.4. The summed E-state index contributed by atoms with van der Waals surface area (Å²) in [5.41, 5.74) is 3.29. The lowest BCUT2D eigenvalue weighted by atomic mass is 10.2. The molecule has 0 saturated heterocycles. The molecule has 1 heterocycles. The van der Waals surface area contributed by atoms with Crippen LogP contribution < -0.4 is 4.72 Å². The topological polar surface area (TPSA) is 64.0 Å². The van der Waals surface area contributed by atoms with Crippen LogP contribution in [0.3, 0.4) is 0 Å². The quantitative estimate of drug-likeness (QED) is 0.741. The largest absolute Gasteiger partial charge is 0.276 e. The lowest BCUT2D eigenvalue weighted by molar-refractivity contribution is 0.600. The van der Waals surface area contributed by atoms with Gasteiger partial charge in [-0.05, 0) is 50.6 Å². The van der Waals surface area contributed by atoms with Crippen molar-refractivity contribution in [3.05, 3.63) is 70.5 Å². The van der Waals surface area contributed by atoms with E-state index in [9.17, 15) is 8.42 Å². The van der Waals surface area contributed by atoms with Gasteiger partial charge in [0.05, 0.1) is 27.7 Å². The Morgan fingerprint density at radius 3 is 2.40 bits per heavy atom. The maximum atomic E-state index is 12.8. The minimum Gasteiger partial charge on any atom is -0.276 e. The Morgan fingerprint density at radius 1 is 1.04 bits per heavy atom. The molecule has 0 aliphatic heterocycles. The Labute approximate surface area is 152 Å². The Balaban J connectivity index is 2.04. The lowest BCUT2D eigenvalue weighted by Crippen LogP contribution is -2.15. The van der Waals surface area contributed by atoms with Crippen molar-refractivity contribution < 1.29 is 8.42 Å². The summed E-state index contributed by atoms with van der Waals surface area (Å²) in [6.07, 6.45) is 0. The van der Waals surface area contributed by atoms with E-state index in [-0.39, 0.29) is 4.90 Å². The van der Waals surface area contributed by atoms with Crippen molar-refractivity contribution in [2.75, 3.05) is 4.72 Å². The predicted octanol–water partition coefficient (Wildman–Crippen LogP) is 4.25. The molecular formula is C18H18ClN3O2S. The van der Waals surface area contributed by atoms with E-state index in [4.69, 9.17) is 11.6 Å². The van der Waals surface area contributed by atoms with E-state index in [1.54, 1.807) is 30.7 Å². The van der Waals surface area contributed by atoms with Gasteiger partial charge in [-0.25, -0.2) is 13.1 Å². The molecule has 0 bridgehead atoms. The van der Waals surface area contributed by atoms with Gasteiger partial charge in [0.25, 0.3) is 10.0 Å². The fourth-order valence-electron chi connectivity index (χ4n) is 2.66. The number of halogens is 1. The van der Waals surface area contributed by atoms with Gasteiger partial charge < -0.3 is 0 Å². The van der Waals surface area contributed by atoms with Crippen molar-refractivity contribution in [2.45, 2.75) is 25.7 Å². The molecule has 0 amide bonds. The van der Waals surface area contributed by atoms with Crippen LogP contribution in [-0.2, 0) is 10.0 Å². The third kappa shape index (κ3) is 3.41. The number of benzene rings is 2. The Bertz CT molecular complexity index is 1030. The van der Waals surface area contributed by atoms with E-state index in [1.165, 1.54) is 6.07 Å². The van der Waals surface area contributed by atoms with Gasteiger partial charge in [0, 0.05) is 5.02 Å². The van der Waals surface area contributed by atoms with Gasteiger partial charge >= 0.3 is 0 Å². The number of rotatable bonds is 4. The molecule has 0 atom stereocenters. The van der Waals surface area contributed by atoms with Gasteiger partial charge in [0.2, 0.25) is 0 Å². The van der Waals surface area contributed by atoms with Crippen molar-refractivity contribution in [2.24, 2.45) is 0 Å².